The van der Waals surface area contributed by atoms with Gasteiger partial charge in [-0.15, -0.1) is 0 Å². The van der Waals surface area contributed by atoms with Gasteiger partial charge in [0.25, 0.3) is 0 Å². The molecule has 0 aliphatic rings. The monoisotopic (exact) mass is 487 g/mol. The average molecular weight is 488 g/mol. The van der Waals surface area contributed by atoms with Gasteiger partial charge in [0, 0.05) is 17.5 Å². The molecule has 0 saturated carbocycles. The molecule has 5 heteroatoms. The number of hydrogen-bond acceptors (Lipinski definition) is 3. The van der Waals surface area contributed by atoms with Gasteiger partial charge in [-0.3, -0.25) is 5.10 Å². The maximum atomic E-state index is 5.04. The van der Waals surface area contributed by atoms with Crippen LogP contribution in [0.5, 0.6) is 0 Å². The zero-order chi connectivity index (χ0) is 25.9. The number of fused-ring (bicyclic) bond motifs is 2. The summed E-state index contributed by atoms with van der Waals surface area (Å²) in [4.78, 5) is 8.56. The highest BCUT2D eigenvalue weighted by molar-refractivity contribution is 5.99. The van der Waals surface area contributed by atoms with Crippen molar-refractivity contribution in [1.82, 2.24) is 25.5 Å². The lowest BCUT2D eigenvalue weighted by atomic mass is 9.93. The zero-order valence-electron chi connectivity index (χ0n) is 21.9. The third-order valence-corrected chi connectivity index (χ3v) is 7.03. The molecule has 0 aliphatic heterocycles. The minimum absolute atomic E-state index is 0.757. The number of likely N-dealkylation sites (N-methyl/N-ethyl adjacent to an activating group) is 1. The zero-order valence-corrected chi connectivity index (χ0v) is 21.9. The van der Waals surface area contributed by atoms with E-state index in [4.69, 9.17) is 4.98 Å². The number of nitrogens with one attached hydrogen (secondary N) is 3. The molecule has 0 unspecified atom stereocenters. The van der Waals surface area contributed by atoms with Crippen LogP contribution in [-0.2, 0) is 0 Å². The first-order valence-electron chi connectivity index (χ1n) is 12.8. The van der Waals surface area contributed by atoms with Gasteiger partial charge in [0.1, 0.15) is 5.69 Å². The second-order valence-electron chi connectivity index (χ2n) is 9.27. The lowest BCUT2D eigenvalue weighted by Gasteiger charge is -2.14. The Labute approximate surface area is 218 Å². The first-order chi connectivity index (χ1) is 18.0. The number of H-pyrrole nitrogens is 2. The van der Waals surface area contributed by atoms with Gasteiger partial charge in [-0.25, -0.2) is 4.98 Å². The van der Waals surface area contributed by atoms with Crippen LogP contribution in [0.2, 0.25) is 0 Å². The molecule has 3 aromatic carbocycles. The second-order valence-corrected chi connectivity index (χ2v) is 9.27. The summed E-state index contributed by atoms with van der Waals surface area (Å²) in [6.45, 7) is 14.3. The van der Waals surface area contributed by atoms with Gasteiger partial charge in [-0.2, -0.15) is 5.10 Å². The van der Waals surface area contributed by atoms with Crippen LogP contribution < -0.4 is 5.32 Å². The molecule has 0 saturated heterocycles. The quantitative estimate of drug-likeness (QED) is 0.197. The van der Waals surface area contributed by atoms with Gasteiger partial charge in [-0.05, 0) is 78.9 Å². The molecule has 37 heavy (non-hydrogen) atoms. The normalized spacial score (nSPS) is 12.8. The lowest BCUT2D eigenvalue weighted by Crippen LogP contribution is -2.16. The van der Waals surface area contributed by atoms with E-state index >= 15 is 0 Å². The van der Waals surface area contributed by atoms with Crippen LogP contribution >= 0.6 is 0 Å². The van der Waals surface area contributed by atoms with Crippen molar-refractivity contribution in [2.24, 2.45) is 0 Å². The van der Waals surface area contributed by atoms with Gasteiger partial charge in [0.05, 0.1) is 16.6 Å². The number of rotatable bonds is 8. The third kappa shape index (κ3) is 4.54. The van der Waals surface area contributed by atoms with E-state index in [0.717, 1.165) is 57.7 Å². The van der Waals surface area contributed by atoms with Crippen molar-refractivity contribution >= 4 is 27.5 Å². The molecular weight excluding hydrogens is 454 g/mol. The summed E-state index contributed by atoms with van der Waals surface area (Å²) in [6, 6.07) is 21.1. The van der Waals surface area contributed by atoms with Crippen molar-refractivity contribution in [2.45, 2.75) is 27.7 Å². The molecule has 0 spiro atoms. The number of allylic oxidation sites excluding steroid dienone is 3. The number of aryl methyl sites for hydroxylation is 1. The Kier molecular flexibility index (Phi) is 6.89. The molecule has 5 aromatic rings. The van der Waals surface area contributed by atoms with E-state index < -0.39 is 0 Å². The number of imidazole rings is 1. The average Bonchev–Trinajstić information content (AvgIpc) is 3.54. The Morgan fingerprint density at radius 1 is 1.03 bits per heavy atom. The predicted octanol–water partition coefficient (Wildman–Crippen LogP) is 7.60. The first-order valence-corrected chi connectivity index (χ1v) is 12.8. The van der Waals surface area contributed by atoms with Crippen LogP contribution in [0.25, 0.3) is 50.2 Å². The van der Waals surface area contributed by atoms with E-state index in [1.54, 1.807) is 0 Å². The summed E-state index contributed by atoms with van der Waals surface area (Å²) < 4.78 is 0. The number of hydrogen-bond donors (Lipinski definition) is 3. The van der Waals surface area contributed by atoms with E-state index in [2.05, 4.69) is 122 Å². The summed E-state index contributed by atoms with van der Waals surface area (Å²) in [5.41, 5.74) is 12.0. The largest absolute Gasteiger partial charge is 0.337 e. The van der Waals surface area contributed by atoms with Crippen molar-refractivity contribution in [3.63, 3.8) is 0 Å². The van der Waals surface area contributed by atoms with Crippen molar-refractivity contribution in [1.29, 1.82) is 0 Å². The molecule has 0 aliphatic carbocycles. The van der Waals surface area contributed by atoms with Crippen LogP contribution in [0.3, 0.4) is 0 Å². The minimum atomic E-state index is 0.757. The standard InChI is InChI=1S/C32H33N5/c1-6-22(19-33-8-3)21(5)24(7-2)23-16-17-28-27(18-23)31(37-36-28)32-34-29-15-11-14-26(30(29)35-32)25-13-10-9-12-20(25)4/h6-7,9-18,33H,1,8,19H2,2-5H3,(H,34,35)(H,36,37)/b22-21+,24-7+. The molecular formula is C32H33N5. The molecule has 5 rings (SSSR count). The molecule has 0 amide bonds. The number of nitrogens with zero attached hydrogens (tertiary/aromatic N) is 2. The molecule has 0 radical (unpaired) electrons. The summed E-state index contributed by atoms with van der Waals surface area (Å²) in [5.74, 6) is 0.757. The fourth-order valence-electron chi connectivity index (χ4n) is 4.99. The Hall–Kier alpha value is -4.22. The maximum absolute atomic E-state index is 5.04. The summed E-state index contributed by atoms with van der Waals surface area (Å²) in [6.07, 6.45) is 4.12. The Bertz CT molecular complexity index is 1660. The van der Waals surface area contributed by atoms with Gasteiger partial charge in [0.15, 0.2) is 5.82 Å². The number of benzene rings is 3. The maximum Gasteiger partial charge on any atom is 0.159 e. The van der Waals surface area contributed by atoms with Gasteiger partial charge >= 0.3 is 0 Å². The van der Waals surface area contributed by atoms with Crippen LogP contribution in [-0.4, -0.2) is 33.3 Å². The van der Waals surface area contributed by atoms with E-state index in [1.807, 2.05) is 6.08 Å². The topological polar surface area (TPSA) is 69.4 Å². The Balaban J connectivity index is 1.61. The fraction of sp³-hybridized carbons (Fsp3) is 0.188. The molecule has 0 bridgehead atoms. The highest BCUT2D eigenvalue weighted by atomic mass is 15.1. The van der Waals surface area contributed by atoms with Gasteiger partial charge < -0.3 is 10.3 Å². The minimum Gasteiger partial charge on any atom is -0.337 e. The van der Waals surface area contributed by atoms with Crippen LogP contribution in [0.15, 0.2) is 90.5 Å². The van der Waals surface area contributed by atoms with Crippen LogP contribution in [0, 0.1) is 6.92 Å². The Morgan fingerprint density at radius 3 is 2.59 bits per heavy atom. The molecule has 2 heterocycles. The van der Waals surface area contributed by atoms with Gasteiger partial charge in [0.2, 0.25) is 0 Å². The van der Waals surface area contributed by atoms with Crippen molar-refractivity contribution in [3.8, 4) is 22.6 Å². The highest BCUT2D eigenvalue weighted by Gasteiger charge is 2.17. The van der Waals surface area contributed by atoms with Crippen molar-refractivity contribution in [2.75, 3.05) is 13.1 Å². The summed E-state index contributed by atoms with van der Waals surface area (Å²) in [7, 11) is 0. The Morgan fingerprint density at radius 2 is 1.84 bits per heavy atom. The third-order valence-electron chi connectivity index (χ3n) is 7.03. The first kappa shape index (κ1) is 24.5. The smallest absolute Gasteiger partial charge is 0.159 e. The van der Waals surface area contributed by atoms with Gasteiger partial charge in [-0.1, -0.05) is 68.1 Å². The SMILES string of the molecule is C=C/C(CNCC)=C(C)\C(=C/C)c1ccc2[nH]nc(-c3nc4c(-c5ccccc5C)cccc4[nH]3)c2c1. The van der Waals surface area contributed by atoms with Crippen LogP contribution in [0.4, 0.5) is 0 Å². The summed E-state index contributed by atoms with van der Waals surface area (Å²) in [5, 5.41) is 12.3. The highest BCUT2D eigenvalue weighted by Crippen LogP contribution is 2.34. The van der Waals surface area contributed by atoms with Crippen LogP contribution in [0.1, 0.15) is 31.9 Å². The second kappa shape index (κ2) is 10.4. The van der Waals surface area contributed by atoms with E-state index in [1.165, 1.54) is 27.8 Å². The number of para-hydroxylation sites is 1. The molecule has 5 nitrogen and oxygen atoms in total. The summed E-state index contributed by atoms with van der Waals surface area (Å²) >= 11 is 0. The molecule has 0 fully saturated rings. The van der Waals surface area contributed by atoms with E-state index in [9.17, 15) is 0 Å². The van der Waals surface area contributed by atoms with E-state index in [0.29, 0.717) is 0 Å². The van der Waals surface area contributed by atoms with E-state index in [-0.39, 0.29) is 0 Å². The molecule has 2 aromatic heterocycles. The fourth-order valence-corrected chi connectivity index (χ4v) is 4.99. The molecule has 186 valence electrons. The molecule has 3 N–H and O–H groups in total. The number of aromatic nitrogens is 4. The lowest BCUT2D eigenvalue weighted by molar-refractivity contribution is 0.782. The molecule has 0 atom stereocenters. The predicted molar refractivity (Wildman–Crippen MR) is 156 cm³/mol. The van der Waals surface area contributed by atoms with Crippen molar-refractivity contribution in [3.05, 3.63) is 102 Å². The number of aromatic amines is 2. The van der Waals surface area contributed by atoms with Crippen molar-refractivity contribution < 1.29 is 0 Å².